The van der Waals surface area contributed by atoms with E-state index in [1.165, 1.54) is 11.8 Å². The topological polar surface area (TPSA) is 103 Å². The van der Waals surface area contributed by atoms with E-state index in [2.05, 4.69) is 15.5 Å². The second-order valence-corrected chi connectivity index (χ2v) is 6.78. The number of aryl methyl sites for hydroxylation is 2. The van der Waals surface area contributed by atoms with Gasteiger partial charge >= 0.3 is 0 Å². The molecule has 0 aliphatic carbocycles. The van der Waals surface area contributed by atoms with Gasteiger partial charge in [-0.05, 0) is 37.6 Å². The molecule has 0 bridgehead atoms. The first-order valence-corrected chi connectivity index (χ1v) is 9.16. The first-order chi connectivity index (χ1) is 11.9. The number of anilines is 1. The lowest BCUT2D eigenvalue weighted by Crippen LogP contribution is -2.16. The first kappa shape index (κ1) is 19.3. The number of nitrogens with two attached hydrogens (primary N) is 1. The Morgan fingerprint density at radius 2 is 2.12 bits per heavy atom. The Kier molecular flexibility index (Phi) is 6.83. The molecule has 0 spiro atoms. The summed E-state index contributed by atoms with van der Waals surface area (Å²) >= 11 is 7.21. The van der Waals surface area contributed by atoms with E-state index in [9.17, 15) is 9.59 Å². The molecular weight excluding hydrogens is 362 g/mol. The summed E-state index contributed by atoms with van der Waals surface area (Å²) in [6.45, 7) is 4.49. The maximum absolute atomic E-state index is 12.2. The van der Waals surface area contributed by atoms with Crippen LogP contribution in [0.2, 0.25) is 5.02 Å². The molecule has 0 fully saturated rings. The molecule has 0 saturated heterocycles. The highest BCUT2D eigenvalue weighted by Gasteiger charge is 2.14. The van der Waals surface area contributed by atoms with Crippen LogP contribution >= 0.6 is 23.4 Å². The molecule has 1 heterocycles. The highest BCUT2D eigenvalue weighted by molar-refractivity contribution is 7.99. The van der Waals surface area contributed by atoms with Gasteiger partial charge in [0.25, 0.3) is 0 Å². The van der Waals surface area contributed by atoms with Gasteiger partial charge in [0.15, 0.2) is 5.16 Å². The predicted molar refractivity (Wildman–Crippen MR) is 98.8 cm³/mol. The second kappa shape index (κ2) is 8.87. The number of rotatable bonds is 8. The Morgan fingerprint density at radius 1 is 1.36 bits per heavy atom. The van der Waals surface area contributed by atoms with Crippen molar-refractivity contribution in [3.05, 3.63) is 34.6 Å². The zero-order chi connectivity index (χ0) is 18.4. The number of primary amides is 1. The van der Waals surface area contributed by atoms with E-state index in [0.29, 0.717) is 29.0 Å². The van der Waals surface area contributed by atoms with Crippen LogP contribution in [0.5, 0.6) is 0 Å². The summed E-state index contributed by atoms with van der Waals surface area (Å²) < 4.78 is 1.88. The monoisotopic (exact) mass is 381 g/mol. The molecule has 25 heavy (non-hydrogen) atoms. The van der Waals surface area contributed by atoms with Crippen molar-refractivity contribution in [1.29, 1.82) is 0 Å². The van der Waals surface area contributed by atoms with Crippen molar-refractivity contribution in [2.45, 2.75) is 38.4 Å². The van der Waals surface area contributed by atoms with E-state index in [1.807, 2.05) is 18.4 Å². The van der Waals surface area contributed by atoms with Crippen molar-refractivity contribution in [3.8, 4) is 0 Å². The minimum atomic E-state index is -0.377. The third kappa shape index (κ3) is 5.47. The van der Waals surface area contributed by atoms with Crippen LogP contribution in [0.3, 0.4) is 0 Å². The summed E-state index contributed by atoms with van der Waals surface area (Å²) in [4.78, 5) is 23.1. The van der Waals surface area contributed by atoms with Crippen molar-refractivity contribution in [1.82, 2.24) is 14.8 Å². The lowest BCUT2D eigenvalue weighted by molar-refractivity contribution is -0.118. The molecule has 9 heteroatoms. The minimum Gasteiger partial charge on any atom is -0.370 e. The molecule has 1 aromatic carbocycles. The van der Waals surface area contributed by atoms with Crippen molar-refractivity contribution < 1.29 is 9.59 Å². The largest absolute Gasteiger partial charge is 0.370 e. The van der Waals surface area contributed by atoms with Gasteiger partial charge < -0.3 is 15.6 Å². The highest BCUT2D eigenvalue weighted by atomic mass is 35.5. The summed E-state index contributed by atoms with van der Waals surface area (Å²) in [7, 11) is 0. The average molecular weight is 382 g/mol. The molecule has 2 rings (SSSR count). The maximum Gasteiger partial charge on any atom is 0.234 e. The molecule has 0 aliphatic heterocycles. The van der Waals surface area contributed by atoms with E-state index in [0.717, 1.165) is 11.3 Å². The van der Waals surface area contributed by atoms with Gasteiger partial charge in [-0.1, -0.05) is 23.4 Å². The van der Waals surface area contributed by atoms with Gasteiger partial charge in [0.1, 0.15) is 5.82 Å². The molecule has 134 valence electrons. The van der Waals surface area contributed by atoms with Crippen LogP contribution in [0.1, 0.15) is 24.7 Å². The van der Waals surface area contributed by atoms with Gasteiger partial charge in [-0.2, -0.15) is 0 Å². The number of aromatic nitrogens is 3. The molecule has 7 nitrogen and oxygen atoms in total. The number of hydrogen-bond acceptors (Lipinski definition) is 5. The number of hydrogen-bond donors (Lipinski definition) is 2. The lowest BCUT2D eigenvalue weighted by Gasteiger charge is -2.09. The molecule has 0 saturated carbocycles. The van der Waals surface area contributed by atoms with Gasteiger partial charge in [-0.15, -0.1) is 10.2 Å². The van der Waals surface area contributed by atoms with Crippen molar-refractivity contribution in [2.75, 3.05) is 11.1 Å². The van der Waals surface area contributed by atoms with Gasteiger partial charge in [0.05, 0.1) is 5.75 Å². The number of carbonyl (C=O) groups is 2. The number of amides is 2. The Bertz CT molecular complexity index is 778. The molecule has 3 N–H and O–H groups in total. The predicted octanol–water partition coefficient (Wildman–Crippen LogP) is 2.41. The summed E-state index contributed by atoms with van der Waals surface area (Å²) in [5.74, 6) is 0.380. The summed E-state index contributed by atoms with van der Waals surface area (Å²) in [6.07, 6.45) is 0.659. The average Bonchev–Trinajstić information content (AvgIpc) is 2.95. The van der Waals surface area contributed by atoms with Crippen LogP contribution < -0.4 is 11.1 Å². The molecule has 0 radical (unpaired) electrons. The smallest absolute Gasteiger partial charge is 0.234 e. The molecule has 2 aromatic rings. The van der Waals surface area contributed by atoms with E-state index in [-0.39, 0.29) is 24.0 Å². The van der Waals surface area contributed by atoms with Gasteiger partial charge in [0.2, 0.25) is 11.8 Å². The summed E-state index contributed by atoms with van der Waals surface area (Å²) in [5, 5.41) is 12.3. The summed E-state index contributed by atoms with van der Waals surface area (Å²) in [5.41, 5.74) is 6.80. The van der Waals surface area contributed by atoms with Crippen molar-refractivity contribution in [2.24, 2.45) is 5.73 Å². The Hall–Kier alpha value is -2.06. The molecule has 1 aromatic heterocycles. The van der Waals surface area contributed by atoms with Crippen LogP contribution in [0.4, 0.5) is 5.69 Å². The fourth-order valence-corrected chi connectivity index (χ4v) is 3.29. The Balaban J connectivity index is 1.96. The van der Waals surface area contributed by atoms with E-state index >= 15 is 0 Å². The first-order valence-electron chi connectivity index (χ1n) is 7.80. The molecule has 0 unspecified atom stereocenters. The number of halogens is 1. The normalized spacial score (nSPS) is 10.7. The Labute approximate surface area is 155 Å². The van der Waals surface area contributed by atoms with Crippen LogP contribution in [-0.4, -0.2) is 32.3 Å². The highest BCUT2D eigenvalue weighted by Crippen LogP contribution is 2.21. The van der Waals surface area contributed by atoms with Crippen LogP contribution in [0.15, 0.2) is 23.4 Å². The van der Waals surface area contributed by atoms with E-state index in [4.69, 9.17) is 17.3 Å². The molecule has 2 amide bonds. The quantitative estimate of drug-likeness (QED) is 0.683. The number of carbonyl (C=O) groups excluding carboxylic acids is 2. The number of thioether (sulfide) groups is 1. The SMILES string of the molecule is CCn1c(CCC(N)=O)nnc1SCC(=O)Nc1ccc(Cl)cc1C. The lowest BCUT2D eigenvalue weighted by atomic mass is 10.2. The fraction of sp³-hybridized carbons (Fsp3) is 0.375. The number of nitrogens with one attached hydrogen (secondary N) is 1. The number of nitrogens with zero attached hydrogens (tertiary/aromatic N) is 3. The minimum absolute atomic E-state index is 0.139. The second-order valence-electron chi connectivity index (χ2n) is 5.41. The van der Waals surface area contributed by atoms with Crippen molar-refractivity contribution >= 4 is 40.9 Å². The molecule has 0 atom stereocenters. The fourth-order valence-electron chi connectivity index (χ4n) is 2.25. The number of benzene rings is 1. The van der Waals surface area contributed by atoms with Gasteiger partial charge in [-0.3, -0.25) is 9.59 Å². The van der Waals surface area contributed by atoms with Gasteiger partial charge in [-0.25, -0.2) is 0 Å². The van der Waals surface area contributed by atoms with Crippen molar-refractivity contribution in [3.63, 3.8) is 0 Å². The van der Waals surface area contributed by atoms with Crippen LogP contribution in [-0.2, 0) is 22.6 Å². The van der Waals surface area contributed by atoms with E-state index in [1.54, 1.807) is 18.2 Å². The molecule has 0 aliphatic rings. The van der Waals surface area contributed by atoms with E-state index < -0.39 is 0 Å². The van der Waals surface area contributed by atoms with Crippen LogP contribution in [0.25, 0.3) is 0 Å². The third-order valence-electron chi connectivity index (χ3n) is 3.50. The summed E-state index contributed by atoms with van der Waals surface area (Å²) in [6, 6.07) is 5.30. The van der Waals surface area contributed by atoms with Gasteiger partial charge in [0, 0.05) is 30.1 Å². The maximum atomic E-state index is 12.2. The molecular formula is C16H20ClN5O2S. The zero-order valence-corrected chi connectivity index (χ0v) is 15.7. The Morgan fingerprint density at radius 3 is 2.76 bits per heavy atom. The standard InChI is InChI=1S/C16H20ClN5O2S/c1-3-22-14(7-6-13(18)23)20-21-16(22)25-9-15(24)19-12-5-4-11(17)8-10(12)2/h4-5,8H,3,6-7,9H2,1-2H3,(H2,18,23)(H,19,24). The van der Waals surface area contributed by atoms with Crippen LogP contribution in [0, 0.1) is 6.92 Å². The zero-order valence-electron chi connectivity index (χ0n) is 14.1. The third-order valence-corrected chi connectivity index (χ3v) is 4.70.